The molecule has 2 aromatic heterocycles. The SMILES string of the molecule is Cc1cc(Nc2cnnc(NC3CCCCCC3)n2)no1. The molecule has 2 heterocycles. The van der Waals surface area contributed by atoms with Gasteiger partial charge in [0.15, 0.2) is 11.6 Å². The van der Waals surface area contributed by atoms with E-state index in [0.717, 1.165) is 5.76 Å². The molecule has 0 aliphatic heterocycles. The minimum Gasteiger partial charge on any atom is -0.360 e. The van der Waals surface area contributed by atoms with Crippen molar-refractivity contribution in [1.29, 1.82) is 0 Å². The molecule has 0 unspecified atom stereocenters. The first kappa shape index (κ1) is 13.8. The largest absolute Gasteiger partial charge is 0.360 e. The van der Waals surface area contributed by atoms with E-state index in [2.05, 4.69) is 31.0 Å². The maximum Gasteiger partial charge on any atom is 0.244 e. The fourth-order valence-electron chi connectivity index (χ4n) is 2.59. The molecular weight excluding hydrogens is 268 g/mol. The first-order chi connectivity index (χ1) is 10.3. The van der Waals surface area contributed by atoms with Gasteiger partial charge in [-0.15, -0.1) is 5.10 Å². The molecule has 1 saturated carbocycles. The van der Waals surface area contributed by atoms with Gasteiger partial charge in [0.05, 0.1) is 6.20 Å². The van der Waals surface area contributed by atoms with Gasteiger partial charge in [-0.3, -0.25) is 0 Å². The molecule has 1 fully saturated rings. The average Bonchev–Trinajstić information content (AvgIpc) is 2.73. The molecule has 0 spiro atoms. The summed E-state index contributed by atoms with van der Waals surface area (Å²) in [6.07, 6.45) is 9.09. The smallest absolute Gasteiger partial charge is 0.244 e. The Kier molecular flexibility index (Phi) is 4.28. The molecule has 0 atom stereocenters. The van der Waals surface area contributed by atoms with Crippen LogP contribution < -0.4 is 10.6 Å². The van der Waals surface area contributed by atoms with Gasteiger partial charge in [0.1, 0.15) is 5.76 Å². The summed E-state index contributed by atoms with van der Waals surface area (Å²) in [7, 11) is 0. The van der Waals surface area contributed by atoms with Crippen LogP contribution in [0.1, 0.15) is 44.3 Å². The predicted molar refractivity (Wildman–Crippen MR) is 79.5 cm³/mol. The van der Waals surface area contributed by atoms with Crippen molar-refractivity contribution < 1.29 is 4.52 Å². The monoisotopic (exact) mass is 288 g/mol. The van der Waals surface area contributed by atoms with Crippen LogP contribution in [0.5, 0.6) is 0 Å². The average molecular weight is 288 g/mol. The minimum atomic E-state index is 0.443. The molecule has 21 heavy (non-hydrogen) atoms. The van der Waals surface area contributed by atoms with E-state index in [4.69, 9.17) is 4.52 Å². The van der Waals surface area contributed by atoms with Gasteiger partial charge in [0.2, 0.25) is 5.95 Å². The Morgan fingerprint density at radius 1 is 1.14 bits per heavy atom. The molecule has 3 rings (SSSR count). The fraction of sp³-hybridized carbons (Fsp3) is 0.571. The number of aryl methyl sites for hydroxylation is 1. The molecule has 7 heteroatoms. The van der Waals surface area contributed by atoms with E-state index in [0.29, 0.717) is 23.6 Å². The molecule has 0 saturated heterocycles. The molecule has 2 N–H and O–H groups in total. The van der Waals surface area contributed by atoms with Crippen molar-refractivity contribution in [3.05, 3.63) is 18.0 Å². The highest BCUT2D eigenvalue weighted by molar-refractivity contribution is 5.51. The number of nitrogens with zero attached hydrogens (tertiary/aromatic N) is 4. The number of hydrogen-bond donors (Lipinski definition) is 2. The second kappa shape index (κ2) is 6.51. The molecule has 0 radical (unpaired) electrons. The third kappa shape index (κ3) is 3.90. The summed E-state index contributed by atoms with van der Waals surface area (Å²) in [4.78, 5) is 4.42. The van der Waals surface area contributed by atoms with Gasteiger partial charge >= 0.3 is 0 Å². The summed E-state index contributed by atoms with van der Waals surface area (Å²) in [5.41, 5.74) is 0. The summed E-state index contributed by atoms with van der Waals surface area (Å²) < 4.78 is 5.01. The lowest BCUT2D eigenvalue weighted by Gasteiger charge is -2.15. The predicted octanol–water partition coefficient (Wildman–Crippen LogP) is 3.05. The minimum absolute atomic E-state index is 0.443. The van der Waals surface area contributed by atoms with E-state index in [1.807, 2.05) is 6.92 Å². The molecule has 1 aliphatic rings. The highest BCUT2D eigenvalue weighted by atomic mass is 16.5. The van der Waals surface area contributed by atoms with Crippen molar-refractivity contribution >= 4 is 17.6 Å². The second-order valence-electron chi connectivity index (χ2n) is 5.45. The Hall–Kier alpha value is -2.18. The first-order valence-corrected chi connectivity index (χ1v) is 7.46. The van der Waals surface area contributed by atoms with Crippen LogP contribution in [0.15, 0.2) is 16.8 Å². The van der Waals surface area contributed by atoms with Crippen molar-refractivity contribution in [2.24, 2.45) is 0 Å². The van der Waals surface area contributed by atoms with E-state index in [1.165, 1.54) is 38.5 Å². The maximum atomic E-state index is 5.01. The Bertz CT molecular complexity index is 576. The summed E-state index contributed by atoms with van der Waals surface area (Å²) in [6, 6.07) is 2.25. The van der Waals surface area contributed by atoms with Crippen molar-refractivity contribution in [1.82, 2.24) is 20.3 Å². The molecule has 0 aromatic carbocycles. The second-order valence-corrected chi connectivity index (χ2v) is 5.45. The number of rotatable bonds is 4. The van der Waals surface area contributed by atoms with Crippen LogP contribution in [-0.4, -0.2) is 26.4 Å². The number of hydrogen-bond acceptors (Lipinski definition) is 7. The summed E-state index contributed by atoms with van der Waals surface area (Å²) >= 11 is 0. The highest BCUT2D eigenvalue weighted by Crippen LogP contribution is 2.20. The van der Waals surface area contributed by atoms with Crippen molar-refractivity contribution in [3.63, 3.8) is 0 Å². The van der Waals surface area contributed by atoms with Gasteiger partial charge in [-0.1, -0.05) is 30.8 Å². The van der Waals surface area contributed by atoms with E-state index in [1.54, 1.807) is 12.3 Å². The summed E-state index contributed by atoms with van der Waals surface area (Å²) in [5, 5.41) is 18.3. The molecule has 112 valence electrons. The third-order valence-electron chi connectivity index (χ3n) is 3.63. The van der Waals surface area contributed by atoms with Crippen LogP contribution >= 0.6 is 0 Å². The highest BCUT2D eigenvalue weighted by Gasteiger charge is 2.13. The first-order valence-electron chi connectivity index (χ1n) is 7.46. The lowest BCUT2D eigenvalue weighted by molar-refractivity contribution is 0.400. The van der Waals surface area contributed by atoms with Gasteiger partial charge in [-0.2, -0.15) is 10.1 Å². The topological polar surface area (TPSA) is 88.8 Å². The Morgan fingerprint density at radius 2 is 1.95 bits per heavy atom. The van der Waals surface area contributed by atoms with E-state index in [-0.39, 0.29) is 0 Å². The third-order valence-corrected chi connectivity index (χ3v) is 3.63. The van der Waals surface area contributed by atoms with E-state index >= 15 is 0 Å². The Labute approximate surface area is 123 Å². The van der Waals surface area contributed by atoms with Crippen LogP contribution in [0.2, 0.25) is 0 Å². The molecular formula is C14H20N6O. The molecule has 1 aliphatic carbocycles. The molecule has 7 nitrogen and oxygen atoms in total. The number of nitrogens with one attached hydrogen (secondary N) is 2. The standard InChI is InChI=1S/C14H20N6O/c1-10-8-12(20-21-10)17-13-9-15-19-14(18-13)16-11-6-4-2-3-5-7-11/h8-9,11H,2-7H2,1H3,(H2,16,17,18,19,20). The van der Waals surface area contributed by atoms with Gasteiger partial charge in [0.25, 0.3) is 0 Å². The zero-order valence-corrected chi connectivity index (χ0v) is 12.2. The van der Waals surface area contributed by atoms with Gasteiger partial charge < -0.3 is 15.2 Å². The lowest BCUT2D eigenvalue weighted by atomic mass is 10.1. The molecule has 2 aromatic rings. The Morgan fingerprint density at radius 3 is 2.67 bits per heavy atom. The van der Waals surface area contributed by atoms with Crippen LogP contribution in [0.25, 0.3) is 0 Å². The fourth-order valence-corrected chi connectivity index (χ4v) is 2.59. The van der Waals surface area contributed by atoms with E-state index in [9.17, 15) is 0 Å². The normalized spacial score (nSPS) is 16.4. The Balaban J connectivity index is 1.64. The van der Waals surface area contributed by atoms with E-state index < -0.39 is 0 Å². The van der Waals surface area contributed by atoms with Crippen LogP contribution in [-0.2, 0) is 0 Å². The van der Waals surface area contributed by atoms with Crippen molar-refractivity contribution in [2.75, 3.05) is 10.6 Å². The zero-order chi connectivity index (χ0) is 14.5. The lowest BCUT2D eigenvalue weighted by Crippen LogP contribution is -2.20. The van der Waals surface area contributed by atoms with Crippen LogP contribution in [0.4, 0.5) is 17.6 Å². The summed E-state index contributed by atoms with van der Waals surface area (Å²) in [6.45, 7) is 1.84. The van der Waals surface area contributed by atoms with Gasteiger partial charge in [-0.25, -0.2) is 0 Å². The van der Waals surface area contributed by atoms with Crippen molar-refractivity contribution in [2.45, 2.75) is 51.5 Å². The van der Waals surface area contributed by atoms with Crippen LogP contribution in [0.3, 0.4) is 0 Å². The molecule has 0 bridgehead atoms. The quantitative estimate of drug-likeness (QED) is 0.836. The molecule has 0 amide bonds. The van der Waals surface area contributed by atoms with Crippen LogP contribution in [0, 0.1) is 6.92 Å². The van der Waals surface area contributed by atoms with Gasteiger partial charge in [-0.05, 0) is 19.8 Å². The number of anilines is 3. The number of aromatic nitrogens is 4. The zero-order valence-electron chi connectivity index (χ0n) is 12.2. The maximum absolute atomic E-state index is 5.01. The van der Waals surface area contributed by atoms with Gasteiger partial charge in [0, 0.05) is 12.1 Å². The van der Waals surface area contributed by atoms with Crippen molar-refractivity contribution in [3.8, 4) is 0 Å². The summed E-state index contributed by atoms with van der Waals surface area (Å²) in [5.74, 6) is 2.53.